The molecule has 6 nitrogen and oxygen atoms in total. The minimum atomic E-state index is -0.845. The molecule has 0 aromatic rings. The fourth-order valence-electron chi connectivity index (χ4n) is 7.92. The molecule has 0 spiro atoms. The summed E-state index contributed by atoms with van der Waals surface area (Å²) in [4.78, 5) is 24.4. The summed E-state index contributed by atoms with van der Waals surface area (Å²) in [5, 5.41) is 22.9. The van der Waals surface area contributed by atoms with Gasteiger partial charge < -0.3 is 20.3 Å². The van der Waals surface area contributed by atoms with Crippen LogP contribution in [-0.2, 0) is 14.3 Å². The van der Waals surface area contributed by atoms with Gasteiger partial charge in [-0.25, -0.2) is 0 Å². The van der Waals surface area contributed by atoms with Crippen LogP contribution in [0.1, 0.15) is 277 Å². The van der Waals surface area contributed by atoms with Gasteiger partial charge in [-0.2, -0.15) is 0 Å². The topological polar surface area (TPSA) is 95.9 Å². The number of hydrogen-bond donors (Lipinski definition) is 3. The van der Waals surface area contributed by atoms with Crippen molar-refractivity contribution < 1.29 is 24.5 Å². The van der Waals surface area contributed by atoms with Crippen LogP contribution in [-0.4, -0.2) is 47.4 Å². The molecule has 6 heteroatoms. The van der Waals surface area contributed by atoms with Crippen LogP contribution in [0.25, 0.3) is 0 Å². The number of rotatable bonds is 48. The van der Waals surface area contributed by atoms with Crippen LogP contribution >= 0.6 is 0 Å². The third-order valence-electron chi connectivity index (χ3n) is 12.0. The molecule has 0 aromatic carbocycles. The number of hydrogen-bond acceptors (Lipinski definition) is 5. The zero-order valence-corrected chi connectivity index (χ0v) is 39.5. The lowest BCUT2D eigenvalue weighted by atomic mass is 10.0. The Bertz CT molecular complexity index is 920. The second-order valence-corrected chi connectivity index (χ2v) is 17.9. The maximum Gasteiger partial charge on any atom is 0.305 e. The van der Waals surface area contributed by atoms with Crippen molar-refractivity contribution in [2.45, 2.75) is 289 Å². The molecule has 0 radical (unpaired) electrons. The fraction of sp³-hybridized carbons (Fsp3) is 0.887. The maximum absolute atomic E-state index is 12.4. The van der Waals surface area contributed by atoms with Crippen LogP contribution in [0.15, 0.2) is 24.3 Å². The molecule has 348 valence electrons. The van der Waals surface area contributed by atoms with Crippen LogP contribution in [0, 0.1) is 0 Å². The lowest BCUT2D eigenvalue weighted by Gasteiger charge is -2.20. The van der Waals surface area contributed by atoms with Crippen LogP contribution in [0.5, 0.6) is 0 Å². The van der Waals surface area contributed by atoms with Crippen molar-refractivity contribution in [1.29, 1.82) is 0 Å². The highest BCUT2D eigenvalue weighted by Gasteiger charge is 2.18. The summed E-state index contributed by atoms with van der Waals surface area (Å²) < 4.78 is 5.47. The summed E-state index contributed by atoms with van der Waals surface area (Å²) in [6.45, 7) is 4.86. The van der Waals surface area contributed by atoms with Gasteiger partial charge in [0.15, 0.2) is 0 Å². The SMILES string of the molecule is CCCCCCCCC/C=C\CCCCCCCC(=O)OCCCCCCCCCCCCCCCCCCCC(=O)NC(CO)C(O)/C=C/CCCCCCCCC. The third-order valence-corrected chi connectivity index (χ3v) is 12.0. The van der Waals surface area contributed by atoms with Crippen molar-refractivity contribution in [1.82, 2.24) is 5.32 Å². The number of carbonyl (C=O) groups excluding carboxylic acids is 2. The first-order valence-electron chi connectivity index (χ1n) is 26.1. The second-order valence-electron chi connectivity index (χ2n) is 17.9. The Labute approximate surface area is 367 Å². The minimum absolute atomic E-state index is 0.00348. The lowest BCUT2D eigenvalue weighted by molar-refractivity contribution is -0.143. The van der Waals surface area contributed by atoms with Crippen molar-refractivity contribution >= 4 is 11.9 Å². The Morgan fingerprint density at radius 2 is 0.797 bits per heavy atom. The molecule has 0 aliphatic rings. The van der Waals surface area contributed by atoms with Gasteiger partial charge in [-0.05, 0) is 57.8 Å². The van der Waals surface area contributed by atoms with E-state index in [9.17, 15) is 19.8 Å². The lowest BCUT2D eigenvalue weighted by Crippen LogP contribution is -2.45. The second kappa shape index (κ2) is 49.0. The molecule has 0 saturated heterocycles. The molecule has 0 aliphatic carbocycles. The summed E-state index contributed by atoms with van der Waals surface area (Å²) >= 11 is 0. The monoisotopic (exact) mass is 832 g/mol. The number of unbranched alkanes of at least 4 members (excludes halogenated alkanes) is 35. The van der Waals surface area contributed by atoms with E-state index in [2.05, 4.69) is 31.3 Å². The van der Waals surface area contributed by atoms with Gasteiger partial charge in [0.2, 0.25) is 5.91 Å². The molecule has 0 saturated carbocycles. The Morgan fingerprint density at radius 1 is 0.458 bits per heavy atom. The van der Waals surface area contributed by atoms with E-state index in [4.69, 9.17) is 4.74 Å². The molecule has 3 N–H and O–H groups in total. The highest BCUT2D eigenvalue weighted by molar-refractivity contribution is 5.76. The number of ether oxygens (including phenoxy) is 1. The van der Waals surface area contributed by atoms with E-state index < -0.39 is 12.1 Å². The molecule has 0 fully saturated rings. The number of amides is 1. The summed E-state index contributed by atoms with van der Waals surface area (Å²) in [5.41, 5.74) is 0. The highest BCUT2D eigenvalue weighted by Crippen LogP contribution is 2.16. The standard InChI is InChI=1S/C53H101NO5/c1-3-5-7-9-11-13-14-15-16-21-24-27-31-35-39-43-47-53(58)59-48-44-40-36-32-28-25-22-19-17-18-20-23-26-30-34-38-42-46-52(57)54-50(49-55)51(56)45-41-37-33-29-12-10-8-6-4-2/h16,21,41,45,50-51,55-56H,3-15,17-20,22-40,42-44,46-49H2,1-2H3,(H,54,57)/b21-16-,45-41+. The molecule has 0 aromatic heterocycles. The quantitative estimate of drug-likeness (QED) is 0.0322. The number of carbonyl (C=O) groups is 2. The largest absolute Gasteiger partial charge is 0.466 e. The van der Waals surface area contributed by atoms with Gasteiger partial charge in [-0.15, -0.1) is 0 Å². The fourth-order valence-corrected chi connectivity index (χ4v) is 7.92. The van der Waals surface area contributed by atoms with E-state index >= 15 is 0 Å². The molecule has 0 rings (SSSR count). The normalized spacial score (nSPS) is 12.8. The van der Waals surface area contributed by atoms with Crippen molar-refractivity contribution in [3.05, 3.63) is 24.3 Å². The predicted octanol–water partition coefficient (Wildman–Crippen LogP) is 15.5. The molecular formula is C53H101NO5. The van der Waals surface area contributed by atoms with E-state index in [0.29, 0.717) is 19.4 Å². The third kappa shape index (κ3) is 45.7. The molecule has 1 amide bonds. The molecule has 2 atom stereocenters. The van der Waals surface area contributed by atoms with E-state index in [-0.39, 0.29) is 18.5 Å². The molecule has 0 aliphatic heterocycles. The molecule has 0 heterocycles. The van der Waals surface area contributed by atoms with Crippen molar-refractivity contribution in [3.63, 3.8) is 0 Å². The van der Waals surface area contributed by atoms with Crippen molar-refractivity contribution in [2.24, 2.45) is 0 Å². The maximum atomic E-state index is 12.4. The van der Waals surface area contributed by atoms with Crippen LogP contribution in [0.4, 0.5) is 0 Å². The molecular weight excluding hydrogens is 731 g/mol. The van der Waals surface area contributed by atoms with E-state index in [1.54, 1.807) is 6.08 Å². The summed E-state index contributed by atoms with van der Waals surface area (Å²) in [5.74, 6) is -0.0798. The van der Waals surface area contributed by atoms with E-state index in [1.165, 1.54) is 205 Å². The van der Waals surface area contributed by atoms with E-state index in [1.807, 2.05) is 6.08 Å². The van der Waals surface area contributed by atoms with Gasteiger partial charge in [0.25, 0.3) is 0 Å². The van der Waals surface area contributed by atoms with Gasteiger partial charge in [0, 0.05) is 12.8 Å². The number of aliphatic hydroxyl groups excluding tert-OH is 2. The van der Waals surface area contributed by atoms with Gasteiger partial charge in [0.1, 0.15) is 0 Å². The van der Waals surface area contributed by atoms with Crippen LogP contribution < -0.4 is 5.32 Å². The first-order chi connectivity index (χ1) is 29.0. The smallest absolute Gasteiger partial charge is 0.305 e. The van der Waals surface area contributed by atoms with Gasteiger partial charge in [-0.1, -0.05) is 231 Å². The average Bonchev–Trinajstić information content (AvgIpc) is 3.24. The number of esters is 1. The van der Waals surface area contributed by atoms with Crippen LogP contribution in [0.2, 0.25) is 0 Å². The molecule has 2 unspecified atom stereocenters. The van der Waals surface area contributed by atoms with Gasteiger partial charge in [-0.3, -0.25) is 9.59 Å². The molecule has 0 bridgehead atoms. The zero-order chi connectivity index (χ0) is 43.0. The Morgan fingerprint density at radius 3 is 1.20 bits per heavy atom. The Balaban J connectivity index is 3.40. The Kier molecular flexibility index (Phi) is 47.6. The highest BCUT2D eigenvalue weighted by atomic mass is 16.5. The van der Waals surface area contributed by atoms with E-state index in [0.717, 1.165) is 44.9 Å². The Hall–Kier alpha value is -1.66. The first kappa shape index (κ1) is 57.3. The van der Waals surface area contributed by atoms with Crippen LogP contribution in [0.3, 0.4) is 0 Å². The van der Waals surface area contributed by atoms with Crippen molar-refractivity contribution in [3.8, 4) is 0 Å². The molecule has 59 heavy (non-hydrogen) atoms. The summed E-state index contributed by atoms with van der Waals surface area (Å²) in [6, 6.07) is -0.629. The number of nitrogens with one attached hydrogen (secondary N) is 1. The van der Waals surface area contributed by atoms with Gasteiger partial charge >= 0.3 is 5.97 Å². The zero-order valence-electron chi connectivity index (χ0n) is 39.5. The number of aliphatic hydroxyl groups is 2. The average molecular weight is 832 g/mol. The predicted molar refractivity (Wildman–Crippen MR) is 255 cm³/mol. The van der Waals surface area contributed by atoms with Crippen molar-refractivity contribution in [2.75, 3.05) is 13.2 Å². The summed E-state index contributed by atoms with van der Waals surface area (Å²) in [6.07, 6.45) is 57.6. The summed E-state index contributed by atoms with van der Waals surface area (Å²) in [7, 11) is 0. The first-order valence-corrected chi connectivity index (χ1v) is 26.1. The number of allylic oxidation sites excluding steroid dienone is 3. The van der Waals surface area contributed by atoms with Gasteiger partial charge in [0.05, 0.1) is 25.4 Å². The minimum Gasteiger partial charge on any atom is -0.466 e.